The molecule has 12 heavy (non-hydrogen) atoms. The first-order valence-electron chi connectivity index (χ1n) is 3.84. The molecule has 0 spiro atoms. The zero-order chi connectivity index (χ0) is 9.14. The van der Waals surface area contributed by atoms with Gasteiger partial charge >= 0.3 is 0 Å². The van der Waals surface area contributed by atoms with Gasteiger partial charge in [0.2, 0.25) is 6.41 Å². The van der Waals surface area contributed by atoms with E-state index in [0.29, 0.717) is 6.41 Å². The van der Waals surface area contributed by atoms with Crippen molar-refractivity contribution < 1.29 is 19.7 Å². The molecule has 0 bridgehead atoms. The third-order valence-electron chi connectivity index (χ3n) is 2.06. The lowest BCUT2D eigenvalue weighted by Crippen LogP contribution is -2.57. The average Bonchev–Trinajstić information content (AvgIpc) is 2.06. The van der Waals surface area contributed by atoms with Gasteiger partial charge in [-0.2, -0.15) is 0 Å². The Morgan fingerprint density at radius 1 is 1.58 bits per heavy atom. The van der Waals surface area contributed by atoms with Crippen LogP contribution in [0.1, 0.15) is 6.92 Å². The molecular formula is C7H13NO4. The summed E-state index contributed by atoms with van der Waals surface area (Å²) >= 11 is 0. The van der Waals surface area contributed by atoms with E-state index >= 15 is 0 Å². The van der Waals surface area contributed by atoms with E-state index < -0.39 is 18.2 Å². The predicted octanol–water partition coefficient (Wildman–Crippen LogP) is -1.76. The smallest absolute Gasteiger partial charge is 0.207 e. The molecule has 1 amide bonds. The van der Waals surface area contributed by atoms with Crippen LogP contribution in [0.3, 0.4) is 0 Å². The van der Waals surface area contributed by atoms with E-state index in [4.69, 9.17) is 9.84 Å². The first-order valence-corrected chi connectivity index (χ1v) is 3.84. The zero-order valence-electron chi connectivity index (χ0n) is 6.80. The average molecular weight is 175 g/mol. The van der Waals surface area contributed by atoms with Crippen LogP contribution in [-0.4, -0.2) is 47.6 Å². The topological polar surface area (TPSA) is 78.8 Å². The standard InChI is InChI=1S/C7H13NO4/c1-4-6(8-3-9)7(11)5(10)2-12-4/h3-7,10-11H,2H2,1H3,(H,8,9)/t4-,5-,6-,7-/m1/s1. The maximum atomic E-state index is 10.1. The number of aliphatic hydroxyl groups excluding tert-OH is 2. The number of hydrogen-bond donors (Lipinski definition) is 3. The van der Waals surface area contributed by atoms with Crippen LogP contribution in [0.15, 0.2) is 0 Å². The third-order valence-corrected chi connectivity index (χ3v) is 2.06. The van der Waals surface area contributed by atoms with Crippen molar-refractivity contribution in [2.24, 2.45) is 0 Å². The van der Waals surface area contributed by atoms with Gasteiger partial charge in [0.25, 0.3) is 0 Å². The Balaban J connectivity index is 2.58. The van der Waals surface area contributed by atoms with Crippen LogP contribution in [0.25, 0.3) is 0 Å². The monoisotopic (exact) mass is 175 g/mol. The summed E-state index contributed by atoms with van der Waals surface area (Å²) in [6.07, 6.45) is -1.64. The highest BCUT2D eigenvalue weighted by Gasteiger charge is 2.35. The molecule has 0 unspecified atom stereocenters. The first-order chi connectivity index (χ1) is 5.66. The molecule has 0 radical (unpaired) electrons. The third kappa shape index (κ3) is 1.74. The minimum Gasteiger partial charge on any atom is -0.388 e. The molecule has 5 heteroatoms. The lowest BCUT2D eigenvalue weighted by atomic mass is 9.98. The van der Waals surface area contributed by atoms with Gasteiger partial charge in [-0.1, -0.05) is 0 Å². The number of amides is 1. The van der Waals surface area contributed by atoms with Gasteiger partial charge in [-0.25, -0.2) is 0 Å². The van der Waals surface area contributed by atoms with Crippen LogP contribution in [0.5, 0.6) is 0 Å². The minimum absolute atomic E-state index is 0.110. The van der Waals surface area contributed by atoms with E-state index in [2.05, 4.69) is 5.32 Å². The molecule has 1 aliphatic heterocycles. The molecule has 70 valence electrons. The fraction of sp³-hybridized carbons (Fsp3) is 0.857. The van der Waals surface area contributed by atoms with Crippen LogP contribution in [-0.2, 0) is 9.53 Å². The van der Waals surface area contributed by atoms with Crippen molar-refractivity contribution in [1.82, 2.24) is 5.32 Å². The molecule has 0 aliphatic carbocycles. The van der Waals surface area contributed by atoms with Crippen molar-refractivity contribution in [1.29, 1.82) is 0 Å². The zero-order valence-corrected chi connectivity index (χ0v) is 6.80. The number of hydrogen-bond acceptors (Lipinski definition) is 4. The van der Waals surface area contributed by atoms with Crippen LogP contribution >= 0.6 is 0 Å². The molecule has 1 heterocycles. The summed E-state index contributed by atoms with van der Waals surface area (Å²) < 4.78 is 5.09. The molecule has 0 aromatic heterocycles. The summed E-state index contributed by atoms with van der Waals surface area (Å²) in [7, 11) is 0. The molecule has 4 atom stereocenters. The van der Waals surface area contributed by atoms with E-state index in [0.717, 1.165) is 0 Å². The van der Waals surface area contributed by atoms with Crippen LogP contribution < -0.4 is 5.32 Å². The summed E-state index contributed by atoms with van der Waals surface area (Å²) in [5, 5.41) is 20.9. The molecule has 1 saturated heterocycles. The summed E-state index contributed by atoms with van der Waals surface area (Å²) in [5.41, 5.74) is 0. The molecule has 3 N–H and O–H groups in total. The van der Waals surface area contributed by atoms with Crippen molar-refractivity contribution in [2.45, 2.75) is 31.3 Å². The van der Waals surface area contributed by atoms with Crippen molar-refractivity contribution in [3.63, 3.8) is 0 Å². The van der Waals surface area contributed by atoms with Crippen molar-refractivity contribution in [3.8, 4) is 0 Å². The molecule has 1 aliphatic rings. The number of ether oxygens (including phenoxy) is 1. The van der Waals surface area contributed by atoms with Crippen LogP contribution in [0.4, 0.5) is 0 Å². The van der Waals surface area contributed by atoms with Crippen molar-refractivity contribution in [2.75, 3.05) is 6.61 Å². The quantitative estimate of drug-likeness (QED) is 0.434. The van der Waals surface area contributed by atoms with Gasteiger partial charge in [0.15, 0.2) is 0 Å². The predicted molar refractivity (Wildman–Crippen MR) is 40.4 cm³/mol. The highest BCUT2D eigenvalue weighted by molar-refractivity contribution is 5.47. The number of carbonyl (C=O) groups excluding carboxylic acids is 1. The highest BCUT2D eigenvalue weighted by atomic mass is 16.5. The summed E-state index contributed by atoms with van der Waals surface area (Å²) in [6, 6.07) is -0.522. The van der Waals surface area contributed by atoms with E-state index in [1.807, 2.05) is 0 Å². The Kier molecular flexibility index (Phi) is 3.02. The second-order valence-electron chi connectivity index (χ2n) is 2.91. The lowest BCUT2D eigenvalue weighted by molar-refractivity contribution is -0.140. The fourth-order valence-electron chi connectivity index (χ4n) is 1.28. The van der Waals surface area contributed by atoms with Gasteiger partial charge in [-0.3, -0.25) is 4.79 Å². The minimum atomic E-state index is -0.945. The lowest BCUT2D eigenvalue weighted by Gasteiger charge is -2.36. The van der Waals surface area contributed by atoms with Crippen molar-refractivity contribution >= 4 is 6.41 Å². The Morgan fingerprint density at radius 2 is 2.25 bits per heavy atom. The summed E-state index contributed by atoms with van der Waals surface area (Å²) in [4.78, 5) is 10.1. The van der Waals surface area contributed by atoms with E-state index in [1.54, 1.807) is 6.92 Å². The summed E-state index contributed by atoms with van der Waals surface area (Å²) in [5.74, 6) is 0. The molecular weight excluding hydrogens is 162 g/mol. The number of aliphatic hydroxyl groups is 2. The van der Waals surface area contributed by atoms with Crippen LogP contribution in [0.2, 0.25) is 0 Å². The molecule has 1 fully saturated rings. The fourth-order valence-corrected chi connectivity index (χ4v) is 1.28. The Labute approximate surface area is 70.3 Å². The van der Waals surface area contributed by atoms with E-state index in [-0.39, 0.29) is 12.7 Å². The Morgan fingerprint density at radius 3 is 2.83 bits per heavy atom. The number of nitrogens with one attached hydrogen (secondary N) is 1. The molecule has 0 saturated carbocycles. The van der Waals surface area contributed by atoms with Gasteiger partial charge in [0.05, 0.1) is 18.8 Å². The first kappa shape index (κ1) is 9.44. The normalized spacial score (nSPS) is 42.2. The molecule has 5 nitrogen and oxygen atoms in total. The van der Waals surface area contributed by atoms with E-state index in [9.17, 15) is 9.90 Å². The number of rotatable bonds is 2. The summed E-state index contributed by atoms with van der Waals surface area (Å²) in [6.45, 7) is 1.84. The second-order valence-corrected chi connectivity index (χ2v) is 2.91. The maximum Gasteiger partial charge on any atom is 0.207 e. The maximum absolute atomic E-state index is 10.1. The second kappa shape index (κ2) is 3.84. The molecule has 0 aromatic carbocycles. The van der Waals surface area contributed by atoms with Gasteiger partial charge in [-0.05, 0) is 6.92 Å². The Bertz CT molecular complexity index is 163. The van der Waals surface area contributed by atoms with Gasteiger partial charge in [-0.15, -0.1) is 0 Å². The largest absolute Gasteiger partial charge is 0.388 e. The molecule has 0 aromatic rings. The van der Waals surface area contributed by atoms with Crippen LogP contribution in [0, 0.1) is 0 Å². The SMILES string of the molecule is C[C@H]1OC[C@@H](O)[C@@H](O)[C@@H]1NC=O. The van der Waals surface area contributed by atoms with E-state index in [1.165, 1.54) is 0 Å². The highest BCUT2D eigenvalue weighted by Crippen LogP contribution is 2.14. The number of carbonyl (C=O) groups is 1. The van der Waals surface area contributed by atoms with Gasteiger partial charge in [0, 0.05) is 0 Å². The van der Waals surface area contributed by atoms with Gasteiger partial charge in [0.1, 0.15) is 12.2 Å². The Hall–Kier alpha value is -0.650. The van der Waals surface area contributed by atoms with Gasteiger partial charge < -0.3 is 20.3 Å². The molecule has 1 rings (SSSR count). The van der Waals surface area contributed by atoms with Crippen molar-refractivity contribution in [3.05, 3.63) is 0 Å².